The lowest BCUT2D eigenvalue weighted by Gasteiger charge is -2.28. The Bertz CT molecular complexity index is 467. The fourth-order valence-corrected chi connectivity index (χ4v) is 3.55. The van der Waals surface area contributed by atoms with Crippen LogP contribution in [-0.4, -0.2) is 20.5 Å². The van der Waals surface area contributed by atoms with Crippen molar-refractivity contribution in [3.63, 3.8) is 0 Å². The number of nitrogens with zero attached hydrogens (tertiary/aromatic N) is 2. The summed E-state index contributed by atoms with van der Waals surface area (Å²) in [6.45, 7) is 6.61. The van der Waals surface area contributed by atoms with Crippen molar-refractivity contribution in [2.24, 2.45) is 12.5 Å². The fraction of sp³-hybridized carbons (Fsp3) is 0.800. The van der Waals surface area contributed by atoms with Gasteiger partial charge in [-0.25, -0.2) is 0 Å². The minimum absolute atomic E-state index is 0.365. The second kappa shape index (κ2) is 5.21. The molecule has 3 nitrogen and oxygen atoms in total. The van der Waals surface area contributed by atoms with Crippen LogP contribution in [0, 0.1) is 12.3 Å². The zero-order valence-corrected chi connectivity index (χ0v) is 14.0. The van der Waals surface area contributed by atoms with Gasteiger partial charge in [0.2, 0.25) is 0 Å². The Balaban J connectivity index is 2.17. The lowest BCUT2D eigenvalue weighted by atomic mass is 9.83. The van der Waals surface area contributed by atoms with Gasteiger partial charge in [-0.1, -0.05) is 20.3 Å². The summed E-state index contributed by atoms with van der Waals surface area (Å²) in [6.07, 6.45) is 5.89. The summed E-state index contributed by atoms with van der Waals surface area (Å²) in [6, 6.07) is 0. The topological polar surface area (TPSA) is 38.0 Å². The van der Waals surface area contributed by atoms with E-state index in [1.807, 2.05) is 18.7 Å². The molecule has 0 radical (unpaired) electrons. The van der Waals surface area contributed by atoms with E-state index in [1.54, 1.807) is 0 Å². The van der Waals surface area contributed by atoms with Crippen LogP contribution in [0.3, 0.4) is 0 Å². The Morgan fingerprint density at radius 3 is 2.53 bits per heavy atom. The number of aryl methyl sites for hydroxylation is 2. The Kier molecular flexibility index (Phi) is 4.12. The van der Waals surface area contributed by atoms with Crippen LogP contribution in [0.15, 0.2) is 4.47 Å². The van der Waals surface area contributed by atoms with Crippen molar-refractivity contribution in [3.05, 3.63) is 15.9 Å². The number of rotatable bonds is 2. The number of aliphatic hydroxyl groups is 1. The van der Waals surface area contributed by atoms with Gasteiger partial charge in [-0.3, -0.25) is 4.68 Å². The predicted molar refractivity (Wildman–Crippen MR) is 81.2 cm³/mol. The molecule has 0 amide bonds. The minimum Gasteiger partial charge on any atom is -0.389 e. The Labute approximate surface area is 124 Å². The van der Waals surface area contributed by atoms with E-state index in [2.05, 4.69) is 34.9 Å². The molecule has 1 fully saturated rings. The highest BCUT2D eigenvalue weighted by Crippen LogP contribution is 2.40. The Morgan fingerprint density at radius 1 is 1.26 bits per heavy atom. The molecule has 4 heteroatoms. The predicted octanol–water partition coefficient (Wildman–Crippen LogP) is 3.75. The standard InChI is InChI=1S/C15H25BrN2O/c1-11-13(16)12(18(4)17-11)10-15(19)7-5-6-14(2,3)8-9-15/h19H,5-10H2,1-4H3. The van der Waals surface area contributed by atoms with Crippen molar-refractivity contribution in [3.8, 4) is 0 Å². The van der Waals surface area contributed by atoms with Gasteiger partial charge in [0.1, 0.15) is 0 Å². The first-order valence-electron chi connectivity index (χ1n) is 7.13. The molecule has 1 aromatic heterocycles. The minimum atomic E-state index is -0.573. The van der Waals surface area contributed by atoms with Gasteiger partial charge in [0.05, 0.1) is 21.5 Å². The first-order valence-corrected chi connectivity index (χ1v) is 7.92. The van der Waals surface area contributed by atoms with Crippen LogP contribution in [0.5, 0.6) is 0 Å². The van der Waals surface area contributed by atoms with E-state index in [9.17, 15) is 5.11 Å². The second-order valence-corrected chi connectivity index (χ2v) is 7.68. The lowest BCUT2D eigenvalue weighted by molar-refractivity contribution is 0.0207. The van der Waals surface area contributed by atoms with Crippen LogP contribution in [0.25, 0.3) is 0 Å². The van der Waals surface area contributed by atoms with Crippen LogP contribution in [0.2, 0.25) is 0 Å². The monoisotopic (exact) mass is 328 g/mol. The van der Waals surface area contributed by atoms with E-state index in [4.69, 9.17) is 0 Å². The molecule has 2 rings (SSSR count). The van der Waals surface area contributed by atoms with Crippen molar-refractivity contribution in [1.82, 2.24) is 9.78 Å². The summed E-state index contributed by atoms with van der Waals surface area (Å²) >= 11 is 3.60. The highest BCUT2D eigenvalue weighted by Gasteiger charge is 2.35. The van der Waals surface area contributed by atoms with Crippen LogP contribution >= 0.6 is 15.9 Å². The number of hydrogen-bond donors (Lipinski definition) is 1. The molecule has 1 aromatic rings. The van der Waals surface area contributed by atoms with E-state index >= 15 is 0 Å². The first-order chi connectivity index (χ1) is 8.72. The van der Waals surface area contributed by atoms with E-state index < -0.39 is 5.60 Å². The number of aromatic nitrogens is 2. The second-order valence-electron chi connectivity index (χ2n) is 6.89. The van der Waals surface area contributed by atoms with Gasteiger partial charge in [-0.05, 0) is 54.0 Å². The highest BCUT2D eigenvalue weighted by atomic mass is 79.9. The zero-order valence-electron chi connectivity index (χ0n) is 12.5. The third kappa shape index (κ3) is 3.40. The largest absolute Gasteiger partial charge is 0.389 e. The average Bonchev–Trinajstić information content (AvgIpc) is 2.47. The molecule has 1 unspecified atom stereocenters. The molecule has 1 aliphatic carbocycles. The van der Waals surface area contributed by atoms with Crippen molar-refractivity contribution in [2.75, 3.05) is 0 Å². The molecule has 1 saturated carbocycles. The summed E-state index contributed by atoms with van der Waals surface area (Å²) in [4.78, 5) is 0. The van der Waals surface area contributed by atoms with Gasteiger partial charge in [0.25, 0.3) is 0 Å². The maximum absolute atomic E-state index is 10.9. The van der Waals surface area contributed by atoms with Gasteiger partial charge < -0.3 is 5.11 Å². The van der Waals surface area contributed by atoms with Crippen LogP contribution in [0.1, 0.15) is 57.3 Å². The maximum Gasteiger partial charge on any atom is 0.0738 e. The first kappa shape index (κ1) is 15.0. The molecule has 0 aliphatic heterocycles. The molecule has 0 bridgehead atoms. The SMILES string of the molecule is Cc1nn(C)c(CC2(O)CCCC(C)(C)CC2)c1Br. The zero-order chi connectivity index (χ0) is 14.3. The van der Waals surface area contributed by atoms with E-state index in [-0.39, 0.29) is 0 Å². The maximum atomic E-state index is 10.9. The number of hydrogen-bond acceptors (Lipinski definition) is 2. The Hall–Kier alpha value is -0.350. The normalized spacial score (nSPS) is 27.3. The molecule has 19 heavy (non-hydrogen) atoms. The summed E-state index contributed by atoms with van der Waals surface area (Å²) < 4.78 is 2.94. The van der Waals surface area contributed by atoms with E-state index in [1.165, 1.54) is 6.42 Å². The van der Waals surface area contributed by atoms with Crippen molar-refractivity contribution in [2.45, 2.75) is 64.9 Å². The third-order valence-corrected chi connectivity index (χ3v) is 5.55. The summed E-state index contributed by atoms with van der Waals surface area (Å²) in [5.41, 5.74) is 1.90. The summed E-state index contributed by atoms with van der Waals surface area (Å²) in [5, 5.41) is 15.4. The van der Waals surface area contributed by atoms with Gasteiger partial charge >= 0.3 is 0 Å². The van der Waals surface area contributed by atoms with Gasteiger partial charge in [-0.2, -0.15) is 5.10 Å². The van der Waals surface area contributed by atoms with Crippen LogP contribution < -0.4 is 0 Å². The van der Waals surface area contributed by atoms with Crippen molar-refractivity contribution >= 4 is 15.9 Å². The molecule has 1 aliphatic rings. The fourth-order valence-electron chi connectivity index (χ4n) is 3.08. The average molecular weight is 329 g/mol. The van der Waals surface area contributed by atoms with E-state index in [0.29, 0.717) is 11.8 Å². The van der Waals surface area contributed by atoms with Crippen molar-refractivity contribution < 1.29 is 5.11 Å². The van der Waals surface area contributed by atoms with Crippen LogP contribution in [-0.2, 0) is 13.5 Å². The third-order valence-electron chi connectivity index (χ3n) is 4.52. The summed E-state index contributed by atoms with van der Waals surface area (Å²) in [7, 11) is 1.96. The molecule has 1 N–H and O–H groups in total. The highest BCUT2D eigenvalue weighted by molar-refractivity contribution is 9.10. The molecular formula is C15H25BrN2O. The smallest absolute Gasteiger partial charge is 0.0738 e. The Morgan fingerprint density at radius 2 is 1.95 bits per heavy atom. The van der Waals surface area contributed by atoms with Crippen LogP contribution in [0.4, 0.5) is 0 Å². The number of halogens is 1. The summed E-state index contributed by atoms with van der Waals surface area (Å²) in [5.74, 6) is 0. The quantitative estimate of drug-likeness (QED) is 0.839. The molecule has 1 atom stereocenters. The molecule has 1 heterocycles. The molecule has 108 valence electrons. The van der Waals surface area contributed by atoms with Crippen molar-refractivity contribution in [1.29, 1.82) is 0 Å². The molecule has 0 saturated heterocycles. The van der Waals surface area contributed by atoms with Gasteiger partial charge in [0.15, 0.2) is 0 Å². The van der Waals surface area contributed by atoms with E-state index in [0.717, 1.165) is 41.5 Å². The van der Waals surface area contributed by atoms with Gasteiger partial charge in [0, 0.05) is 13.5 Å². The molecule has 0 aromatic carbocycles. The lowest BCUT2D eigenvalue weighted by Crippen LogP contribution is -2.32. The molecular weight excluding hydrogens is 304 g/mol. The molecule has 0 spiro atoms. The van der Waals surface area contributed by atoms with Gasteiger partial charge in [-0.15, -0.1) is 0 Å².